The molecule has 3 N–H and O–H groups in total. The number of nitrogens with one attached hydrogen (secondary N) is 3. The van der Waals surface area contributed by atoms with Crippen LogP contribution in [0.3, 0.4) is 0 Å². The zero-order chi connectivity index (χ0) is 18.1. The van der Waals surface area contributed by atoms with Crippen molar-refractivity contribution in [3.63, 3.8) is 0 Å². The van der Waals surface area contributed by atoms with Crippen molar-refractivity contribution in [2.45, 2.75) is 57.5 Å². The van der Waals surface area contributed by atoms with Crippen LogP contribution < -0.4 is 10.9 Å². The summed E-state index contributed by atoms with van der Waals surface area (Å²) in [7, 11) is 0. The fourth-order valence-electron chi connectivity index (χ4n) is 4.45. The number of piperidine rings is 1. The Balaban J connectivity index is 1.37. The van der Waals surface area contributed by atoms with Crippen LogP contribution in [-0.2, 0) is 4.79 Å². The zero-order valence-electron chi connectivity index (χ0n) is 15.7. The maximum atomic E-state index is 12.8. The van der Waals surface area contributed by atoms with Crippen LogP contribution in [0.1, 0.15) is 51.3 Å². The lowest BCUT2D eigenvalue weighted by Crippen LogP contribution is -2.39. The highest BCUT2D eigenvalue weighted by atomic mass is 16.2. The fraction of sp³-hybridized carbons (Fsp3) is 0.600. The van der Waals surface area contributed by atoms with Gasteiger partial charge in [-0.25, -0.2) is 4.98 Å². The molecule has 1 amide bonds. The number of nitrogens with zero attached hydrogens (tertiary/aromatic N) is 2. The number of para-hydroxylation sites is 2. The Hall–Kier alpha value is -1.92. The molecule has 0 spiro atoms. The van der Waals surface area contributed by atoms with Crippen molar-refractivity contribution in [3.8, 4) is 0 Å². The molecule has 6 heteroatoms. The number of hydrogen-bond acceptors (Lipinski definition) is 4. The van der Waals surface area contributed by atoms with E-state index in [0.717, 1.165) is 49.2 Å². The van der Waals surface area contributed by atoms with Crippen LogP contribution in [-0.4, -0.2) is 45.9 Å². The number of carbonyl (C=O) groups is 1. The monoisotopic (exact) mass is 355 g/mol. The summed E-state index contributed by atoms with van der Waals surface area (Å²) in [6.07, 6.45) is 3.71. The second-order valence-electron chi connectivity index (χ2n) is 7.89. The van der Waals surface area contributed by atoms with Crippen LogP contribution in [0.2, 0.25) is 0 Å². The van der Waals surface area contributed by atoms with Crippen LogP contribution in [0, 0.1) is 5.92 Å². The number of hydrazine groups is 1. The number of rotatable bonds is 4. The number of carbonyl (C=O) groups excluding carboxylic acids is 1. The molecule has 1 aromatic carbocycles. The van der Waals surface area contributed by atoms with E-state index in [1.807, 2.05) is 23.1 Å². The molecule has 0 radical (unpaired) electrons. The van der Waals surface area contributed by atoms with Gasteiger partial charge in [-0.05, 0) is 51.2 Å². The molecule has 3 heterocycles. The summed E-state index contributed by atoms with van der Waals surface area (Å²) in [6, 6.07) is 8.97. The number of imidazole rings is 1. The SMILES string of the molecule is CC1NNC(C)C1CCC(=O)N1CCCC(c2nc3ccccc3[nH]2)C1. The second-order valence-corrected chi connectivity index (χ2v) is 7.89. The highest BCUT2D eigenvalue weighted by molar-refractivity contribution is 5.77. The third-order valence-electron chi connectivity index (χ3n) is 6.08. The molecule has 2 aliphatic heterocycles. The van der Waals surface area contributed by atoms with E-state index in [1.165, 1.54) is 0 Å². The first-order valence-electron chi connectivity index (χ1n) is 9.85. The molecule has 0 aliphatic carbocycles. The standard InChI is InChI=1S/C20H29N5O/c1-13-16(14(2)24-23-13)9-10-19(26)25-11-5-6-15(12-25)20-21-17-7-3-4-8-18(17)22-20/h3-4,7-8,13-16,23-24H,5-6,9-12H2,1-2H3,(H,21,22). The molecule has 26 heavy (non-hydrogen) atoms. The summed E-state index contributed by atoms with van der Waals surface area (Å²) in [5.41, 5.74) is 8.64. The number of likely N-dealkylation sites (tertiary alicyclic amines) is 1. The first kappa shape index (κ1) is 17.5. The summed E-state index contributed by atoms with van der Waals surface area (Å²) in [5, 5.41) is 0. The molecule has 140 valence electrons. The van der Waals surface area contributed by atoms with Crippen LogP contribution in [0.5, 0.6) is 0 Å². The van der Waals surface area contributed by atoms with Crippen molar-refractivity contribution in [2.75, 3.05) is 13.1 Å². The van der Waals surface area contributed by atoms with E-state index >= 15 is 0 Å². The number of fused-ring (bicyclic) bond motifs is 1. The Labute approximate surface area is 154 Å². The summed E-state index contributed by atoms with van der Waals surface area (Å²) < 4.78 is 0. The Morgan fingerprint density at radius 3 is 2.77 bits per heavy atom. The third-order valence-corrected chi connectivity index (χ3v) is 6.08. The summed E-state index contributed by atoms with van der Waals surface area (Å²) in [4.78, 5) is 23.0. The molecular weight excluding hydrogens is 326 g/mol. The number of benzene rings is 1. The number of hydrogen-bond donors (Lipinski definition) is 3. The van der Waals surface area contributed by atoms with Gasteiger partial charge in [-0.2, -0.15) is 0 Å². The molecule has 4 rings (SSSR count). The maximum Gasteiger partial charge on any atom is 0.222 e. The first-order valence-corrected chi connectivity index (χ1v) is 9.85. The molecule has 6 nitrogen and oxygen atoms in total. The fourth-order valence-corrected chi connectivity index (χ4v) is 4.45. The van der Waals surface area contributed by atoms with Gasteiger partial charge in [0.15, 0.2) is 0 Å². The van der Waals surface area contributed by atoms with E-state index in [0.29, 0.717) is 30.3 Å². The summed E-state index contributed by atoms with van der Waals surface area (Å²) >= 11 is 0. The van der Waals surface area contributed by atoms with Gasteiger partial charge in [-0.3, -0.25) is 15.6 Å². The molecule has 1 aromatic heterocycles. The molecule has 3 atom stereocenters. The van der Waals surface area contributed by atoms with Gasteiger partial charge in [0, 0.05) is 37.5 Å². The average molecular weight is 355 g/mol. The van der Waals surface area contributed by atoms with E-state index < -0.39 is 0 Å². The first-order chi connectivity index (χ1) is 12.6. The summed E-state index contributed by atoms with van der Waals surface area (Å²) in [6.45, 7) is 6.03. The minimum atomic E-state index is 0.289. The normalized spacial score (nSPS) is 29.4. The largest absolute Gasteiger partial charge is 0.342 e. The van der Waals surface area contributed by atoms with Gasteiger partial charge in [0.25, 0.3) is 0 Å². The lowest BCUT2D eigenvalue weighted by molar-refractivity contribution is -0.132. The van der Waals surface area contributed by atoms with Gasteiger partial charge in [-0.1, -0.05) is 12.1 Å². The number of aromatic amines is 1. The van der Waals surface area contributed by atoms with E-state index in [-0.39, 0.29) is 5.91 Å². The minimum Gasteiger partial charge on any atom is -0.342 e. The van der Waals surface area contributed by atoms with Crippen LogP contribution in [0.4, 0.5) is 0 Å². The highest BCUT2D eigenvalue weighted by Gasteiger charge is 2.31. The number of H-pyrrole nitrogens is 1. The Morgan fingerprint density at radius 2 is 2.00 bits per heavy atom. The number of aromatic nitrogens is 2. The molecule has 2 fully saturated rings. The van der Waals surface area contributed by atoms with Gasteiger partial charge in [0.1, 0.15) is 5.82 Å². The van der Waals surface area contributed by atoms with Gasteiger partial charge < -0.3 is 9.88 Å². The number of amides is 1. The summed E-state index contributed by atoms with van der Waals surface area (Å²) in [5.74, 6) is 2.13. The Morgan fingerprint density at radius 1 is 1.23 bits per heavy atom. The van der Waals surface area contributed by atoms with Gasteiger partial charge in [0.2, 0.25) is 5.91 Å². The smallest absolute Gasteiger partial charge is 0.222 e. The van der Waals surface area contributed by atoms with Crippen molar-refractivity contribution in [3.05, 3.63) is 30.1 Å². The van der Waals surface area contributed by atoms with E-state index in [4.69, 9.17) is 4.98 Å². The van der Waals surface area contributed by atoms with Crippen LogP contribution in [0.15, 0.2) is 24.3 Å². The zero-order valence-corrected chi connectivity index (χ0v) is 15.7. The van der Waals surface area contributed by atoms with Gasteiger partial charge in [0.05, 0.1) is 11.0 Å². The predicted molar refractivity (Wildman–Crippen MR) is 103 cm³/mol. The van der Waals surface area contributed by atoms with Gasteiger partial charge in [-0.15, -0.1) is 0 Å². The highest BCUT2D eigenvalue weighted by Crippen LogP contribution is 2.28. The van der Waals surface area contributed by atoms with Crippen molar-refractivity contribution >= 4 is 16.9 Å². The molecular formula is C20H29N5O. The lowest BCUT2D eigenvalue weighted by Gasteiger charge is -2.32. The van der Waals surface area contributed by atoms with Crippen molar-refractivity contribution in [1.29, 1.82) is 0 Å². The topological polar surface area (TPSA) is 73.0 Å². The van der Waals surface area contributed by atoms with E-state index in [1.54, 1.807) is 0 Å². The molecule has 0 saturated carbocycles. The third kappa shape index (κ3) is 3.48. The average Bonchev–Trinajstić information content (AvgIpc) is 3.23. The molecule has 0 bridgehead atoms. The van der Waals surface area contributed by atoms with Crippen molar-refractivity contribution < 1.29 is 4.79 Å². The predicted octanol–water partition coefficient (Wildman–Crippen LogP) is 2.55. The molecule has 2 saturated heterocycles. The molecule has 3 unspecified atom stereocenters. The van der Waals surface area contributed by atoms with Crippen molar-refractivity contribution in [2.24, 2.45) is 5.92 Å². The Kier molecular flexibility index (Phi) is 4.96. The van der Waals surface area contributed by atoms with E-state index in [2.05, 4.69) is 35.7 Å². The maximum absolute atomic E-state index is 12.8. The van der Waals surface area contributed by atoms with Gasteiger partial charge >= 0.3 is 0 Å². The van der Waals surface area contributed by atoms with Crippen LogP contribution >= 0.6 is 0 Å². The second kappa shape index (κ2) is 7.37. The lowest BCUT2D eigenvalue weighted by atomic mass is 9.91. The van der Waals surface area contributed by atoms with E-state index in [9.17, 15) is 4.79 Å². The molecule has 2 aliphatic rings. The quantitative estimate of drug-likeness (QED) is 0.788. The van der Waals surface area contributed by atoms with Crippen LogP contribution in [0.25, 0.3) is 11.0 Å². The Bertz CT molecular complexity index is 729. The van der Waals surface area contributed by atoms with Crippen molar-refractivity contribution in [1.82, 2.24) is 25.7 Å². The minimum absolute atomic E-state index is 0.289. The molecule has 2 aromatic rings.